The first-order valence-electron chi connectivity index (χ1n) is 6.24. The maximum Gasteiger partial charge on any atom is 0.0622 e. The summed E-state index contributed by atoms with van der Waals surface area (Å²) in [4.78, 5) is 2.45. The van der Waals surface area contributed by atoms with Gasteiger partial charge in [0.15, 0.2) is 0 Å². The Morgan fingerprint density at radius 1 is 1.40 bits per heavy atom. The number of rotatable bonds is 6. The molecular weight excluding hydrogens is 188 g/mol. The zero-order valence-electron chi connectivity index (χ0n) is 10.4. The molecule has 1 aliphatic rings. The Morgan fingerprint density at radius 3 is 2.47 bits per heavy atom. The van der Waals surface area contributed by atoms with Crippen LogP contribution in [0.2, 0.25) is 0 Å². The number of likely N-dealkylation sites (N-methyl/N-ethyl adjacent to an activating group) is 1. The van der Waals surface area contributed by atoms with Crippen molar-refractivity contribution in [2.75, 3.05) is 26.8 Å². The van der Waals surface area contributed by atoms with Gasteiger partial charge in [0, 0.05) is 25.2 Å². The van der Waals surface area contributed by atoms with E-state index in [4.69, 9.17) is 10.5 Å². The molecule has 0 amide bonds. The number of hydrogen-bond acceptors (Lipinski definition) is 3. The monoisotopic (exact) mass is 214 g/mol. The Labute approximate surface area is 94.0 Å². The van der Waals surface area contributed by atoms with Gasteiger partial charge in [0.05, 0.1) is 6.61 Å². The summed E-state index contributed by atoms with van der Waals surface area (Å²) >= 11 is 0. The van der Waals surface area contributed by atoms with Crippen LogP contribution < -0.4 is 5.73 Å². The second-order valence-corrected chi connectivity index (χ2v) is 4.56. The summed E-state index contributed by atoms with van der Waals surface area (Å²) in [6.45, 7) is 7.08. The average Bonchev–Trinajstić information content (AvgIpc) is 2.78. The van der Waals surface area contributed by atoms with E-state index in [-0.39, 0.29) is 0 Å². The third-order valence-electron chi connectivity index (χ3n) is 3.84. The van der Waals surface area contributed by atoms with Gasteiger partial charge < -0.3 is 10.5 Å². The number of hydrogen-bond donors (Lipinski definition) is 1. The SMILES string of the molecule is CCC(CC)C(CN)N(C)C1CCOC1. The Kier molecular flexibility index (Phi) is 5.58. The van der Waals surface area contributed by atoms with E-state index < -0.39 is 0 Å². The van der Waals surface area contributed by atoms with Crippen molar-refractivity contribution in [3.63, 3.8) is 0 Å². The molecule has 3 heteroatoms. The molecule has 1 fully saturated rings. The van der Waals surface area contributed by atoms with Crippen LogP contribution in [0.1, 0.15) is 33.1 Å². The highest BCUT2D eigenvalue weighted by atomic mass is 16.5. The van der Waals surface area contributed by atoms with Crippen molar-refractivity contribution in [3.8, 4) is 0 Å². The minimum atomic E-state index is 0.520. The molecule has 0 aromatic carbocycles. The van der Waals surface area contributed by atoms with Crippen LogP contribution in [0.5, 0.6) is 0 Å². The molecule has 3 nitrogen and oxygen atoms in total. The molecule has 90 valence electrons. The minimum absolute atomic E-state index is 0.520. The van der Waals surface area contributed by atoms with Crippen LogP contribution in [-0.2, 0) is 4.74 Å². The van der Waals surface area contributed by atoms with Crippen molar-refractivity contribution in [3.05, 3.63) is 0 Å². The number of nitrogens with zero attached hydrogens (tertiary/aromatic N) is 1. The fourth-order valence-electron chi connectivity index (χ4n) is 2.64. The second-order valence-electron chi connectivity index (χ2n) is 4.56. The first-order valence-corrected chi connectivity index (χ1v) is 6.24. The molecule has 0 bridgehead atoms. The van der Waals surface area contributed by atoms with Crippen LogP contribution >= 0.6 is 0 Å². The maximum atomic E-state index is 5.91. The van der Waals surface area contributed by atoms with E-state index in [9.17, 15) is 0 Å². The quantitative estimate of drug-likeness (QED) is 0.727. The van der Waals surface area contributed by atoms with Crippen LogP contribution in [0.3, 0.4) is 0 Å². The molecule has 2 unspecified atom stereocenters. The van der Waals surface area contributed by atoms with Crippen LogP contribution in [-0.4, -0.2) is 43.8 Å². The topological polar surface area (TPSA) is 38.5 Å². The molecular formula is C12H26N2O. The van der Waals surface area contributed by atoms with Crippen molar-refractivity contribution < 1.29 is 4.74 Å². The normalized spacial score (nSPS) is 24.0. The highest BCUT2D eigenvalue weighted by molar-refractivity contribution is 4.83. The summed E-state index contributed by atoms with van der Waals surface area (Å²) in [6, 6.07) is 1.10. The Hall–Kier alpha value is -0.120. The smallest absolute Gasteiger partial charge is 0.0622 e. The standard InChI is InChI=1S/C12H26N2O/c1-4-10(5-2)12(8-13)14(3)11-6-7-15-9-11/h10-12H,4-9,13H2,1-3H3. The lowest BCUT2D eigenvalue weighted by molar-refractivity contribution is 0.103. The first-order chi connectivity index (χ1) is 7.24. The predicted octanol–water partition coefficient (Wildman–Crippen LogP) is 1.47. The van der Waals surface area contributed by atoms with Gasteiger partial charge in [-0.1, -0.05) is 26.7 Å². The van der Waals surface area contributed by atoms with Gasteiger partial charge in [0.2, 0.25) is 0 Å². The molecule has 0 saturated carbocycles. The summed E-state index contributed by atoms with van der Waals surface area (Å²) < 4.78 is 5.44. The summed E-state index contributed by atoms with van der Waals surface area (Å²) in [5.41, 5.74) is 5.91. The molecule has 1 saturated heterocycles. The Morgan fingerprint density at radius 2 is 2.07 bits per heavy atom. The van der Waals surface area contributed by atoms with E-state index in [1.165, 1.54) is 12.8 Å². The largest absolute Gasteiger partial charge is 0.380 e. The fourth-order valence-corrected chi connectivity index (χ4v) is 2.64. The third kappa shape index (κ3) is 3.16. The van der Waals surface area contributed by atoms with Gasteiger partial charge in [-0.25, -0.2) is 0 Å². The molecule has 1 rings (SSSR count). The number of ether oxygens (including phenoxy) is 1. The van der Waals surface area contributed by atoms with Gasteiger partial charge in [-0.05, 0) is 19.4 Å². The van der Waals surface area contributed by atoms with E-state index >= 15 is 0 Å². The van der Waals surface area contributed by atoms with Gasteiger partial charge in [0.1, 0.15) is 0 Å². The predicted molar refractivity (Wildman–Crippen MR) is 63.9 cm³/mol. The maximum absolute atomic E-state index is 5.91. The molecule has 0 radical (unpaired) electrons. The molecule has 0 aliphatic carbocycles. The molecule has 1 aliphatic heterocycles. The molecule has 0 spiro atoms. The summed E-state index contributed by atoms with van der Waals surface area (Å²) in [5, 5.41) is 0. The van der Waals surface area contributed by atoms with E-state index in [2.05, 4.69) is 25.8 Å². The molecule has 0 aromatic heterocycles. The molecule has 2 atom stereocenters. The van der Waals surface area contributed by atoms with Crippen molar-refractivity contribution in [2.45, 2.75) is 45.2 Å². The summed E-state index contributed by atoms with van der Waals surface area (Å²) in [5.74, 6) is 0.723. The van der Waals surface area contributed by atoms with E-state index in [0.717, 1.165) is 32.1 Å². The third-order valence-corrected chi connectivity index (χ3v) is 3.84. The van der Waals surface area contributed by atoms with Crippen molar-refractivity contribution >= 4 is 0 Å². The van der Waals surface area contributed by atoms with Gasteiger partial charge in [0.25, 0.3) is 0 Å². The van der Waals surface area contributed by atoms with Crippen LogP contribution in [0, 0.1) is 5.92 Å². The van der Waals surface area contributed by atoms with Crippen molar-refractivity contribution in [1.82, 2.24) is 4.90 Å². The van der Waals surface area contributed by atoms with E-state index in [0.29, 0.717) is 12.1 Å². The average molecular weight is 214 g/mol. The lowest BCUT2D eigenvalue weighted by Crippen LogP contribution is -2.48. The van der Waals surface area contributed by atoms with Gasteiger partial charge in [-0.15, -0.1) is 0 Å². The van der Waals surface area contributed by atoms with Gasteiger partial charge in [-0.3, -0.25) is 4.90 Å². The fraction of sp³-hybridized carbons (Fsp3) is 1.00. The second kappa shape index (κ2) is 6.46. The van der Waals surface area contributed by atoms with Crippen LogP contribution in [0.15, 0.2) is 0 Å². The van der Waals surface area contributed by atoms with Crippen molar-refractivity contribution in [2.24, 2.45) is 11.7 Å². The zero-order chi connectivity index (χ0) is 11.3. The molecule has 15 heavy (non-hydrogen) atoms. The molecule has 2 N–H and O–H groups in total. The lowest BCUT2D eigenvalue weighted by atomic mass is 9.92. The van der Waals surface area contributed by atoms with E-state index in [1.807, 2.05) is 0 Å². The number of nitrogens with two attached hydrogens (primary N) is 1. The molecule has 1 heterocycles. The van der Waals surface area contributed by atoms with Gasteiger partial charge >= 0.3 is 0 Å². The first kappa shape index (κ1) is 12.9. The zero-order valence-corrected chi connectivity index (χ0v) is 10.4. The summed E-state index contributed by atoms with van der Waals surface area (Å²) in [6.07, 6.45) is 3.60. The van der Waals surface area contributed by atoms with Crippen molar-refractivity contribution in [1.29, 1.82) is 0 Å². The highest BCUT2D eigenvalue weighted by Crippen LogP contribution is 2.21. The Bertz CT molecular complexity index is 165. The van der Waals surface area contributed by atoms with Crippen LogP contribution in [0.25, 0.3) is 0 Å². The molecule has 0 aromatic rings. The van der Waals surface area contributed by atoms with E-state index in [1.54, 1.807) is 0 Å². The van der Waals surface area contributed by atoms with Crippen LogP contribution in [0.4, 0.5) is 0 Å². The lowest BCUT2D eigenvalue weighted by Gasteiger charge is -2.36. The highest BCUT2D eigenvalue weighted by Gasteiger charge is 2.29. The Balaban J connectivity index is 2.54. The summed E-state index contributed by atoms with van der Waals surface area (Å²) in [7, 11) is 2.20. The minimum Gasteiger partial charge on any atom is -0.380 e. The van der Waals surface area contributed by atoms with Gasteiger partial charge in [-0.2, -0.15) is 0 Å².